The Morgan fingerprint density at radius 1 is 1.28 bits per heavy atom. The molecular weight excluding hydrogens is 248 g/mol. The Balaban J connectivity index is 2.31. The van der Waals surface area contributed by atoms with Gasteiger partial charge >= 0.3 is 5.97 Å². The normalized spacial score (nSPS) is 23.9. The summed E-state index contributed by atoms with van der Waals surface area (Å²) >= 11 is 1.37. The first kappa shape index (κ1) is 13.4. The van der Waals surface area contributed by atoms with Gasteiger partial charge in [-0.2, -0.15) is 0 Å². The molecule has 1 aromatic rings. The molecule has 1 aliphatic heterocycles. The third kappa shape index (κ3) is 2.68. The van der Waals surface area contributed by atoms with Crippen LogP contribution in [0.5, 0.6) is 0 Å². The molecule has 4 nitrogen and oxygen atoms in total. The van der Waals surface area contributed by atoms with Crippen LogP contribution in [0.2, 0.25) is 0 Å². The lowest BCUT2D eigenvalue weighted by Gasteiger charge is -2.30. The van der Waals surface area contributed by atoms with E-state index in [9.17, 15) is 4.79 Å². The van der Waals surface area contributed by atoms with E-state index >= 15 is 0 Å². The van der Waals surface area contributed by atoms with Crippen molar-refractivity contribution in [2.75, 3.05) is 0 Å². The maximum absolute atomic E-state index is 12.4. The number of thioether (sulfide) groups is 1. The SMILES string of the molecule is CC(C)(C)OC(=O)C1(c2ccccc2)NN[CH]S1. The van der Waals surface area contributed by atoms with Crippen LogP contribution in [0.25, 0.3) is 0 Å². The summed E-state index contributed by atoms with van der Waals surface area (Å²) in [5.41, 5.74) is 6.21. The van der Waals surface area contributed by atoms with Gasteiger partial charge in [0.1, 0.15) is 5.60 Å². The third-order valence-corrected chi connectivity index (χ3v) is 3.50. The molecule has 0 aromatic heterocycles. The number of hydrazine groups is 1. The van der Waals surface area contributed by atoms with Gasteiger partial charge in [0.2, 0.25) is 4.87 Å². The van der Waals surface area contributed by atoms with E-state index in [0.717, 1.165) is 5.56 Å². The molecule has 0 amide bonds. The van der Waals surface area contributed by atoms with E-state index < -0.39 is 10.5 Å². The molecule has 1 aromatic carbocycles. The lowest BCUT2D eigenvalue weighted by Crippen LogP contribution is -2.48. The zero-order valence-corrected chi connectivity index (χ0v) is 11.5. The molecule has 2 N–H and O–H groups in total. The summed E-state index contributed by atoms with van der Waals surface area (Å²) in [5, 5.41) is 0. The van der Waals surface area contributed by atoms with Crippen LogP contribution >= 0.6 is 11.8 Å². The Morgan fingerprint density at radius 3 is 2.44 bits per heavy atom. The van der Waals surface area contributed by atoms with Crippen molar-refractivity contribution in [2.24, 2.45) is 0 Å². The largest absolute Gasteiger partial charge is 0.458 e. The Labute approximate surface area is 111 Å². The fraction of sp³-hybridized carbons (Fsp3) is 0.385. The lowest BCUT2D eigenvalue weighted by molar-refractivity contribution is -0.159. The third-order valence-electron chi connectivity index (χ3n) is 2.41. The summed E-state index contributed by atoms with van der Waals surface area (Å²) in [6.45, 7) is 5.58. The Kier molecular flexibility index (Phi) is 3.66. The standard InChI is InChI=1S/C13H17N2O2S/c1-12(2,3)17-11(16)13(15-14-9-18-13)10-7-5-4-6-8-10/h4-9,14-15H,1-3H3. The van der Waals surface area contributed by atoms with Crippen molar-refractivity contribution in [3.63, 3.8) is 0 Å². The summed E-state index contributed by atoms with van der Waals surface area (Å²) in [6, 6.07) is 9.54. The summed E-state index contributed by atoms with van der Waals surface area (Å²) in [6.07, 6.45) is 0. The summed E-state index contributed by atoms with van der Waals surface area (Å²) in [4.78, 5) is 11.5. The molecular formula is C13H17N2O2S. The maximum Gasteiger partial charge on any atom is 0.343 e. The second-order valence-electron chi connectivity index (χ2n) is 5.05. The minimum atomic E-state index is -0.908. The van der Waals surface area contributed by atoms with Crippen LogP contribution in [0.3, 0.4) is 0 Å². The van der Waals surface area contributed by atoms with Gasteiger partial charge in [0.15, 0.2) is 0 Å². The van der Waals surface area contributed by atoms with Gasteiger partial charge in [-0.3, -0.25) is 0 Å². The van der Waals surface area contributed by atoms with Gasteiger partial charge in [0.25, 0.3) is 0 Å². The van der Waals surface area contributed by atoms with Crippen molar-refractivity contribution in [1.82, 2.24) is 10.9 Å². The molecule has 1 unspecified atom stereocenters. The Hall–Kier alpha value is -1.04. The van der Waals surface area contributed by atoms with Gasteiger partial charge in [-0.15, -0.1) is 0 Å². The number of rotatable bonds is 2. The number of hydrogen-bond acceptors (Lipinski definition) is 5. The molecule has 1 saturated heterocycles. The van der Waals surface area contributed by atoms with Gasteiger partial charge in [-0.05, 0) is 26.3 Å². The fourth-order valence-corrected chi connectivity index (χ4v) is 2.48. The number of hydrogen-bond donors (Lipinski definition) is 2. The van der Waals surface area contributed by atoms with Crippen LogP contribution in [-0.2, 0) is 14.4 Å². The van der Waals surface area contributed by atoms with Crippen molar-refractivity contribution in [3.05, 3.63) is 41.8 Å². The predicted octanol–water partition coefficient (Wildman–Crippen LogP) is 2.14. The average molecular weight is 265 g/mol. The first-order valence-corrected chi connectivity index (χ1v) is 6.63. The minimum Gasteiger partial charge on any atom is -0.458 e. The number of ether oxygens (including phenoxy) is 1. The van der Waals surface area contributed by atoms with E-state index in [1.165, 1.54) is 11.8 Å². The van der Waals surface area contributed by atoms with E-state index in [4.69, 9.17) is 4.74 Å². The molecule has 2 rings (SSSR count). The van der Waals surface area contributed by atoms with Gasteiger partial charge in [0.05, 0.1) is 5.88 Å². The topological polar surface area (TPSA) is 50.4 Å². The molecule has 18 heavy (non-hydrogen) atoms. The summed E-state index contributed by atoms with van der Waals surface area (Å²) in [7, 11) is 0. The monoisotopic (exact) mass is 265 g/mol. The highest BCUT2D eigenvalue weighted by molar-refractivity contribution is 8.03. The number of nitrogens with one attached hydrogen (secondary N) is 2. The zero-order valence-electron chi connectivity index (χ0n) is 10.7. The first-order valence-electron chi connectivity index (χ1n) is 5.75. The first-order chi connectivity index (χ1) is 8.44. The predicted molar refractivity (Wildman–Crippen MR) is 72.1 cm³/mol. The van der Waals surface area contributed by atoms with Crippen LogP contribution in [0, 0.1) is 5.88 Å². The van der Waals surface area contributed by atoms with Crippen LogP contribution in [-0.4, -0.2) is 11.6 Å². The second-order valence-corrected chi connectivity index (χ2v) is 6.14. The van der Waals surface area contributed by atoms with Crippen molar-refractivity contribution in [2.45, 2.75) is 31.2 Å². The quantitative estimate of drug-likeness (QED) is 0.802. The molecule has 0 bridgehead atoms. The molecule has 1 aliphatic rings. The molecule has 0 aliphatic carbocycles. The number of carbonyl (C=O) groups excluding carboxylic acids is 1. The van der Waals surface area contributed by atoms with E-state index in [0.29, 0.717) is 0 Å². The molecule has 1 fully saturated rings. The second kappa shape index (κ2) is 4.91. The van der Waals surface area contributed by atoms with E-state index in [1.807, 2.05) is 51.1 Å². The van der Waals surface area contributed by atoms with Crippen molar-refractivity contribution in [3.8, 4) is 0 Å². The summed E-state index contributed by atoms with van der Waals surface area (Å²) in [5.74, 6) is 1.45. The molecule has 1 atom stereocenters. The summed E-state index contributed by atoms with van der Waals surface area (Å²) < 4.78 is 5.50. The van der Waals surface area contributed by atoms with Gasteiger partial charge in [0, 0.05) is 0 Å². The number of benzene rings is 1. The van der Waals surface area contributed by atoms with Crippen LogP contribution in [0.1, 0.15) is 26.3 Å². The zero-order chi connectivity index (χ0) is 13.2. The molecule has 0 spiro atoms. The molecule has 1 heterocycles. The average Bonchev–Trinajstić information content (AvgIpc) is 2.78. The highest BCUT2D eigenvalue weighted by atomic mass is 32.2. The Bertz CT molecular complexity index is 422. The van der Waals surface area contributed by atoms with E-state index in [1.54, 1.807) is 5.88 Å². The van der Waals surface area contributed by atoms with E-state index in [-0.39, 0.29) is 5.97 Å². The Morgan fingerprint density at radius 2 is 1.94 bits per heavy atom. The lowest BCUT2D eigenvalue weighted by atomic mass is 10.1. The van der Waals surface area contributed by atoms with Crippen molar-refractivity contribution < 1.29 is 9.53 Å². The number of carbonyl (C=O) groups is 1. The molecule has 0 saturated carbocycles. The van der Waals surface area contributed by atoms with E-state index in [2.05, 4.69) is 10.9 Å². The van der Waals surface area contributed by atoms with Crippen LogP contribution in [0.15, 0.2) is 30.3 Å². The minimum absolute atomic E-state index is 0.299. The highest BCUT2D eigenvalue weighted by Gasteiger charge is 2.47. The fourth-order valence-electron chi connectivity index (χ4n) is 1.66. The van der Waals surface area contributed by atoms with Gasteiger partial charge in [-0.25, -0.2) is 15.6 Å². The van der Waals surface area contributed by atoms with Gasteiger partial charge < -0.3 is 4.74 Å². The van der Waals surface area contributed by atoms with Crippen molar-refractivity contribution in [1.29, 1.82) is 0 Å². The van der Waals surface area contributed by atoms with Gasteiger partial charge in [-0.1, -0.05) is 42.1 Å². The highest BCUT2D eigenvalue weighted by Crippen LogP contribution is 2.39. The number of esters is 1. The van der Waals surface area contributed by atoms with Crippen LogP contribution in [0.4, 0.5) is 0 Å². The molecule has 97 valence electrons. The van der Waals surface area contributed by atoms with Crippen molar-refractivity contribution >= 4 is 17.7 Å². The maximum atomic E-state index is 12.4. The molecule has 1 radical (unpaired) electrons. The van der Waals surface area contributed by atoms with Crippen LogP contribution < -0.4 is 10.9 Å². The molecule has 5 heteroatoms. The smallest absolute Gasteiger partial charge is 0.343 e.